The number of nitriles is 1. The molecule has 0 aliphatic carbocycles. The summed E-state index contributed by atoms with van der Waals surface area (Å²) >= 11 is 0. The van der Waals surface area contributed by atoms with Crippen LogP contribution in [0, 0.1) is 11.3 Å². The topological polar surface area (TPSA) is 36.9 Å². The van der Waals surface area contributed by atoms with Crippen LogP contribution in [-0.2, 0) is 0 Å². The molecule has 0 atom stereocenters. The molecule has 0 aliphatic rings. The van der Waals surface area contributed by atoms with Crippen LogP contribution in [0.2, 0.25) is 0 Å². The van der Waals surface area contributed by atoms with E-state index in [9.17, 15) is 0 Å². The van der Waals surface area contributed by atoms with Crippen LogP contribution in [0.25, 0.3) is 11.1 Å². The van der Waals surface area contributed by atoms with Gasteiger partial charge in [-0.25, -0.2) is 0 Å². The molecule has 2 rings (SSSR count). The number of nitrogens with zero attached hydrogens (tertiary/aromatic N) is 1. The van der Waals surface area contributed by atoms with Crippen molar-refractivity contribution in [3.63, 3.8) is 0 Å². The monoisotopic (exact) mass is 169 g/mol. The Morgan fingerprint density at radius 3 is 2.69 bits per heavy atom. The van der Waals surface area contributed by atoms with E-state index in [0.29, 0.717) is 5.56 Å². The maximum absolute atomic E-state index is 8.84. The zero-order valence-corrected chi connectivity index (χ0v) is 6.90. The summed E-state index contributed by atoms with van der Waals surface area (Å²) < 4.78 is 4.96. The van der Waals surface area contributed by atoms with Gasteiger partial charge in [0.1, 0.15) is 0 Å². The highest BCUT2D eigenvalue weighted by Gasteiger charge is 2.03. The molecule has 0 radical (unpaired) electrons. The van der Waals surface area contributed by atoms with Crippen molar-refractivity contribution >= 4 is 0 Å². The molecule has 0 saturated heterocycles. The summed E-state index contributed by atoms with van der Waals surface area (Å²) in [7, 11) is 0. The minimum absolute atomic E-state index is 0.670. The summed E-state index contributed by atoms with van der Waals surface area (Å²) in [5.74, 6) is 0. The lowest BCUT2D eigenvalue weighted by molar-refractivity contribution is 0.568. The highest BCUT2D eigenvalue weighted by molar-refractivity contribution is 5.69. The molecular formula is C11H7NO. The molecule has 0 bridgehead atoms. The normalized spacial score (nSPS) is 9.46. The molecule has 0 aliphatic heterocycles. The number of hydrogen-bond donors (Lipinski definition) is 0. The second-order valence-corrected chi connectivity index (χ2v) is 2.67. The Balaban J connectivity index is 2.59. The Morgan fingerprint density at radius 2 is 2.00 bits per heavy atom. The van der Waals surface area contributed by atoms with E-state index in [1.807, 2.05) is 24.3 Å². The standard InChI is InChI=1S/C11H7NO/c12-7-9-3-1-2-4-11(9)10-5-6-13-8-10/h1-6,8H. The van der Waals surface area contributed by atoms with Gasteiger partial charge in [0.25, 0.3) is 0 Å². The van der Waals surface area contributed by atoms with Crippen LogP contribution >= 0.6 is 0 Å². The van der Waals surface area contributed by atoms with Gasteiger partial charge >= 0.3 is 0 Å². The maximum Gasteiger partial charge on any atom is 0.0998 e. The molecule has 1 aromatic carbocycles. The zero-order chi connectivity index (χ0) is 9.10. The summed E-state index contributed by atoms with van der Waals surface area (Å²) in [5.41, 5.74) is 2.53. The van der Waals surface area contributed by atoms with E-state index in [4.69, 9.17) is 9.68 Å². The van der Waals surface area contributed by atoms with Gasteiger partial charge in [0.2, 0.25) is 0 Å². The van der Waals surface area contributed by atoms with Gasteiger partial charge in [-0.2, -0.15) is 5.26 Å². The maximum atomic E-state index is 8.84. The second kappa shape index (κ2) is 3.16. The first-order chi connectivity index (χ1) is 6.42. The molecule has 0 fully saturated rings. The SMILES string of the molecule is N#Cc1ccccc1-c1ccoc1. The van der Waals surface area contributed by atoms with E-state index in [1.165, 1.54) is 0 Å². The summed E-state index contributed by atoms with van der Waals surface area (Å²) in [6.45, 7) is 0. The van der Waals surface area contributed by atoms with Gasteiger partial charge in [-0.1, -0.05) is 18.2 Å². The van der Waals surface area contributed by atoms with E-state index in [2.05, 4.69) is 6.07 Å². The van der Waals surface area contributed by atoms with Gasteiger partial charge in [-0.3, -0.25) is 0 Å². The summed E-state index contributed by atoms with van der Waals surface area (Å²) in [6, 6.07) is 11.4. The highest BCUT2D eigenvalue weighted by atomic mass is 16.3. The van der Waals surface area contributed by atoms with Crippen molar-refractivity contribution < 1.29 is 4.42 Å². The molecule has 2 nitrogen and oxygen atoms in total. The van der Waals surface area contributed by atoms with Crippen molar-refractivity contribution in [1.82, 2.24) is 0 Å². The fourth-order valence-electron chi connectivity index (χ4n) is 1.25. The largest absolute Gasteiger partial charge is 0.472 e. The Hall–Kier alpha value is -2.01. The van der Waals surface area contributed by atoms with Gasteiger partial charge in [0, 0.05) is 11.1 Å². The summed E-state index contributed by atoms with van der Waals surface area (Å²) in [5, 5.41) is 8.84. The lowest BCUT2D eigenvalue weighted by atomic mass is 10.0. The lowest BCUT2D eigenvalue weighted by Gasteiger charge is -1.97. The van der Waals surface area contributed by atoms with Gasteiger partial charge in [-0.05, 0) is 12.1 Å². The van der Waals surface area contributed by atoms with Gasteiger partial charge in [0.15, 0.2) is 0 Å². The van der Waals surface area contributed by atoms with Crippen molar-refractivity contribution in [2.24, 2.45) is 0 Å². The molecular weight excluding hydrogens is 162 g/mol. The van der Waals surface area contributed by atoms with Crippen molar-refractivity contribution in [2.75, 3.05) is 0 Å². The van der Waals surface area contributed by atoms with Crippen molar-refractivity contribution in [2.45, 2.75) is 0 Å². The van der Waals surface area contributed by atoms with Gasteiger partial charge in [-0.15, -0.1) is 0 Å². The Kier molecular flexibility index (Phi) is 1.85. The van der Waals surface area contributed by atoms with E-state index in [1.54, 1.807) is 18.6 Å². The molecule has 2 heteroatoms. The first-order valence-electron chi connectivity index (χ1n) is 3.93. The molecule has 0 spiro atoms. The van der Waals surface area contributed by atoms with E-state index < -0.39 is 0 Å². The molecule has 13 heavy (non-hydrogen) atoms. The number of hydrogen-bond acceptors (Lipinski definition) is 2. The number of furan rings is 1. The lowest BCUT2D eigenvalue weighted by Crippen LogP contribution is -1.80. The zero-order valence-electron chi connectivity index (χ0n) is 6.90. The average Bonchev–Trinajstić information content (AvgIpc) is 2.70. The van der Waals surface area contributed by atoms with Gasteiger partial charge in [0.05, 0.1) is 24.2 Å². The van der Waals surface area contributed by atoms with Crippen LogP contribution in [0.5, 0.6) is 0 Å². The molecule has 62 valence electrons. The predicted octanol–water partition coefficient (Wildman–Crippen LogP) is 2.82. The fourth-order valence-corrected chi connectivity index (χ4v) is 1.25. The third-order valence-electron chi connectivity index (χ3n) is 1.88. The summed E-state index contributed by atoms with van der Waals surface area (Å²) in [6.07, 6.45) is 3.24. The minimum Gasteiger partial charge on any atom is -0.472 e. The third-order valence-corrected chi connectivity index (χ3v) is 1.88. The smallest absolute Gasteiger partial charge is 0.0998 e. The quantitative estimate of drug-likeness (QED) is 0.658. The highest BCUT2D eigenvalue weighted by Crippen LogP contribution is 2.22. The van der Waals surface area contributed by atoms with Crippen molar-refractivity contribution in [3.05, 3.63) is 48.4 Å². The van der Waals surface area contributed by atoms with E-state index in [0.717, 1.165) is 11.1 Å². The predicted molar refractivity (Wildman–Crippen MR) is 48.9 cm³/mol. The molecule has 0 amide bonds. The number of rotatable bonds is 1. The number of benzene rings is 1. The van der Waals surface area contributed by atoms with E-state index in [-0.39, 0.29) is 0 Å². The van der Waals surface area contributed by atoms with Crippen molar-refractivity contribution in [1.29, 1.82) is 5.26 Å². The fraction of sp³-hybridized carbons (Fsp3) is 0. The molecule has 0 saturated carbocycles. The average molecular weight is 169 g/mol. The molecule has 0 unspecified atom stereocenters. The van der Waals surface area contributed by atoms with Crippen LogP contribution < -0.4 is 0 Å². The summed E-state index contributed by atoms with van der Waals surface area (Å²) in [4.78, 5) is 0. The van der Waals surface area contributed by atoms with Crippen LogP contribution in [0.15, 0.2) is 47.3 Å². The Labute approximate surface area is 76.0 Å². The third kappa shape index (κ3) is 1.32. The van der Waals surface area contributed by atoms with Crippen LogP contribution in [0.4, 0.5) is 0 Å². The molecule has 1 aromatic heterocycles. The Bertz CT molecular complexity index is 437. The molecule has 1 heterocycles. The van der Waals surface area contributed by atoms with Crippen LogP contribution in [-0.4, -0.2) is 0 Å². The molecule has 0 N–H and O–H groups in total. The van der Waals surface area contributed by atoms with Crippen molar-refractivity contribution in [3.8, 4) is 17.2 Å². The first kappa shape index (κ1) is 7.63. The second-order valence-electron chi connectivity index (χ2n) is 2.67. The first-order valence-corrected chi connectivity index (χ1v) is 3.93. The van der Waals surface area contributed by atoms with E-state index >= 15 is 0 Å². The minimum atomic E-state index is 0.670. The Morgan fingerprint density at radius 1 is 1.15 bits per heavy atom. The van der Waals surface area contributed by atoms with Gasteiger partial charge < -0.3 is 4.42 Å². The molecule has 2 aromatic rings. The van der Waals surface area contributed by atoms with Crippen LogP contribution in [0.3, 0.4) is 0 Å². The van der Waals surface area contributed by atoms with Crippen LogP contribution in [0.1, 0.15) is 5.56 Å².